The molecule has 0 aliphatic rings. The summed E-state index contributed by atoms with van der Waals surface area (Å²) in [5.41, 5.74) is 1.72. The zero-order chi connectivity index (χ0) is 14.8. The monoisotopic (exact) mass is 388 g/mol. The number of ether oxygens (including phenoxy) is 1. The van der Waals surface area contributed by atoms with Crippen LogP contribution in [0.5, 0.6) is 5.75 Å². The van der Waals surface area contributed by atoms with Gasteiger partial charge in [0.15, 0.2) is 0 Å². The molecule has 0 N–H and O–H groups in total. The summed E-state index contributed by atoms with van der Waals surface area (Å²) in [5.74, 6) is 0.234. The molecule has 3 rings (SSSR count). The number of aryl methyl sites for hydroxylation is 1. The molecule has 0 aromatic heterocycles. The summed E-state index contributed by atoms with van der Waals surface area (Å²) >= 11 is 2.22. The van der Waals surface area contributed by atoms with E-state index < -0.39 is 0 Å². The van der Waals surface area contributed by atoms with E-state index >= 15 is 0 Å². The van der Waals surface area contributed by atoms with Crippen molar-refractivity contribution in [2.24, 2.45) is 0 Å². The van der Waals surface area contributed by atoms with Gasteiger partial charge in [0.05, 0.1) is 5.56 Å². The lowest BCUT2D eigenvalue weighted by Gasteiger charge is -2.07. The Balaban J connectivity index is 1.87. The number of hydrogen-bond acceptors (Lipinski definition) is 2. The van der Waals surface area contributed by atoms with E-state index in [0.29, 0.717) is 11.3 Å². The van der Waals surface area contributed by atoms with Crippen LogP contribution in [-0.4, -0.2) is 5.97 Å². The van der Waals surface area contributed by atoms with Crippen molar-refractivity contribution in [3.05, 3.63) is 75.4 Å². The number of carbonyl (C=O) groups is 1. The van der Waals surface area contributed by atoms with Crippen molar-refractivity contribution >= 4 is 39.3 Å². The maximum absolute atomic E-state index is 12.2. The van der Waals surface area contributed by atoms with E-state index in [0.717, 1.165) is 19.9 Å². The van der Waals surface area contributed by atoms with Crippen LogP contribution in [0, 0.1) is 10.5 Å². The van der Waals surface area contributed by atoms with Gasteiger partial charge in [-0.05, 0) is 70.1 Å². The third-order valence-electron chi connectivity index (χ3n) is 3.34. The van der Waals surface area contributed by atoms with Gasteiger partial charge < -0.3 is 4.74 Å². The number of esters is 1. The van der Waals surface area contributed by atoms with Gasteiger partial charge in [-0.3, -0.25) is 0 Å². The molecular weight excluding hydrogens is 375 g/mol. The molecule has 0 aliphatic heterocycles. The van der Waals surface area contributed by atoms with Crippen LogP contribution in [0.2, 0.25) is 0 Å². The van der Waals surface area contributed by atoms with Gasteiger partial charge in [0, 0.05) is 3.57 Å². The van der Waals surface area contributed by atoms with Crippen LogP contribution >= 0.6 is 22.6 Å². The predicted octanol–water partition coefficient (Wildman–Crippen LogP) is 4.97. The minimum atomic E-state index is -0.330. The summed E-state index contributed by atoms with van der Waals surface area (Å²) < 4.78 is 6.52. The van der Waals surface area contributed by atoms with E-state index in [2.05, 4.69) is 22.6 Å². The van der Waals surface area contributed by atoms with Crippen LogP contribution in [-0.2, 0) is 0 Å². The molecule has 0 unspecified atom stereocenters. The molecule has 104 valence electrons. The molecule has 0 fully saturated rings. The Morgan fingerprint density at radius 2 is 1.71 bits per heavy atom. The second-order valence-electron chi connectivity index (χ2n) is 4.86. The number of carbonyl (C=O) groups excluding carboxylic acids is 1. The maximum atomic E-state index is 12.2. The van der Waals surface area contributed by atoms with Gasteiger partial charge in [0.2, 0.25) is 0 Å². The van der Waals surface area contributed by atoms with Crippen molar-refractivity contribution in [1.82, 2.24) is 0 Å². The SMILES string of the molecule is Cc1ccc(C(=O)Oc2ccc3ccccc3c2)cc1I. The second kappa shape index (κ2) is 5.85. The highest BCUT2D eigenvalue weighted by Gasteiger charge is 2.10. The molecule has 3 aromatic carbocycles. The molecule has 0 heterocycles. The number of hydrogen-bond donors (Lipinski definition) is 0. The minimum Gasteiger partial charge on any atom is -0.423 e. The quantitative estimate of drug-likeness (QED) is 0.352. The molecule has 21 heavy (non-hydrogen) atoms. The highest BCUT2D eigenvalue weighted by atomic mass is 127. The predicted molar refractivity (Wildman–Crippen MR) is 92.8 cm³/mol. The van der Waals surface area contributed by atoms with Crippen molar-refractivity contribution < 1.29 is 9.53 Å². The Morgan fingerprint density at radius 3 is 2.48 bits per heavy atom. The normalized spacial score (nSPS) is 10.6. The summed E-state index contributed by atoms with van der Waals surface area (Å²) in [6.07, 6.45) is 0. The van der Waals surface area contributed by atoms with Gasteiger partial charge in [-0.15, -0.1) is 0 Å². The van der Waals surface area contributed by atoms with E-state index in [1.807, 2.05) is 61.5 Å². The average Bonchev–Trinajstić information content (AvgIpc) is 2.50. The minimum absolute atomic E-state index is 0.330. The highest BCUT2D eigenvalue weighted by molar-refractivity contribution is 14.1. The Morgan fingerprint density at radius 1 is 0.952 bits per heavy atom. The van der Waals surface area contributed by atoms with Crippen molar-refractivity contribution in [3.63, 3.8) is 0 Å². The molecule has 0 amide bonds. The molecule has 0 radical (unpaired) electrons. The first-order valence-electron chi connectivity index (χ1n) is 6.60. The van der Waals surface area contributed by atoms with Crippen LogP contribution in [0.4, 0.5) is 0 Å². The number of rotatable bonds is 2. The molecular formula is C18H13IO2. The first kappa shape index (κ1) is 14.1. The molecule has 0 saturated carbocycles. The van der Waals surface area contributed by atoms with Gasteiger partial charge in [-0.25, -0.2) is 4.79 Å². The second-order valence-corrected chi connectivity index (χ2v) is 6.02. The largest absolute Gasteiger partial charge is 0.423 e. The van der Waals surface area contributed by atoms with Crippen LogP contribution in [0.25, 0.3) is 10.8 Å². The van der Waals surface area contributed by atoms with Crippen molar-refractivity contribution in [2.75, 3.05) is 0 Å². The van der Waals surface area contributed by atoms with Crippen molar-refractivity contribution in [3.8, 4) is 5.75 Å². The zero-order valence-corrected chi connectivity index (χ0v) is 13.6. The van der Waals surface area contributed by atoms with E-state index in [1.54, 1.807) is 6.07 Å². The molecule has 0 spiro atoms. The molecule has 0 bridgehead atoms. The highest BCUT2D eigenvalue weighted by Crippen LogP contribution is 2.22. The number of halogens is 1. The summed E-state index contributed by atoms with van der Waals surface area (Å²) in [6, 6.07) is 19.2. The fraction of sp³-hybridized carbons (Fsp3) is 0.0556. The maximum Gasteiger partial charge on any atom is 0.343 e. The summed E-state index contributed by atoms with van der Waals surface area (Å²) in [7, 11) is 0. The van der Waals surface area contributed by atoms with Crippen LogP contribution < -0.4 is 4.74 Å². The van der Waals surface area contributed by atoms with Gasteiger partial charge in [0.25, 0.3) is 0 Å². The number of benzene rings is 3. The third-order valence-corrected chi connectivity index (χ3v) is 4.50. The molecule has 2 nitrogen and oxygen atoms in total. The topological polar surface area (TPSA) is 26.3 Å². The van der Waals surface area contributed by atoms with Crippen LogP contribution in [0.3, 0.4) is 0 Å². The molecule has 0 aliphatic carbocycles. The molecule has 0 atom stereocenters. The van der Waals surface area contributed by atoms with Crippen molar-refractivity contribution in [2.45, 2.75) is 6.92 Å². The van der Waals surface area contributed by atoms with Crippen molar-refractivity contribution in [1.29, 1.82) is 0 Å². The van der Waals surface area contributed by atoms with Gasteiger partial charge in [-0.1, -0.05) is 36.4 Å². The Kier molecular flexibility index (Phi) is 3.92. The summed E-state index contributed by atoms with van der Waals surface area (Å²) in [6.45, 7) is 2.01. The van der Waals surface area contributed by atoms with E-state index in [4.69, 9.17) is 4.74 Å². The van der Waals surface area contributed by atoms with E-state index in [9.17, 15) is 4.79 Å². The van der Waals surface area contributed by atoms with Crippen LogP contribution in [0.15, 0.2) is 60.7 Å². The third kappa shape index (κ3) is 3.08. The number of fused-ring (bicyclic) bond motifs is 1. The lowest BCUT2D eigenvalue weighted by molar-refractivity contribution is 0.0735. The van der Waals surface area contributed by atoms with Gasteiger partial charge >= 0.3 is 5.97 Å². The average molecular weight is 388 g/mol. The first-order chi connectivity index (χ1) is 10.1. The molecule has 3 aromatic rings. The van der Waals surface area contributed by atoms with Crippen LogP contribution in [0.1, 0.15) is 15.9 Å². The fourth-order valence-electron chi connectivity index (χ4n) is 2.12. The Bertz CT molecular complexity index is 824. The lowest BCUT2D eigenvalue weighted by Crippen LogP contribution is -2.08. The van der Waals surface area contributed by atoms with E-state index in [1.165, 1.54) is 0 Å². The van der Waals surface area contributed by atoms with Gasteiger partial charge in [0.1, 0.15) is 5.75 Å². The van der Waals surface area contributed by atoms with E-state index in [-0.39, 0.29) is 5.97 Å². The first-order valence-corrected chi connectivity index (χ1v) is 7.68. The summed E-state index contributed by atoms with van der Waals surface area (Å²) in [5, 5.41) is 2.18. The smallest absolute Gasteiger partial charge is 0.343 e. The zero-order valence-electron chi connectivity index (χ0n) is 11.5. The standard InChI is InChI=1S/C18H13IO2/c1-12-6-7-15(11-17(12)19)18(20)21-16-9-8-13-4-2-3-5-14(13)10-16/h2-11H,1H3. The fourth-order valence-corrected chi connectivity index (χ4v) is 2.63. The molecule has 3 heteroatoms. The Hall–Kier alpha value is -1.88. The van der Waals surface area contributed by atoms with Gasteiger partial charge in [-0.2, -0.15) is 0 Å². The Labute approximate surface area is 136 Å². The lowest BCUT2D eigenvalue weighted by atomic mass is 10.1. The summed E-state index contributed by atoms with van der Waals surface area (Å²) in [4.78, 5) is 12.2. The molecule has 0 saturated heterocycles.